The Morgan fingerprint density at radius 1 is 1.03 bits per heavy atom. The molecular formula is C27H26ClN3O3. The predicted molar refractivity (Wildman–Crippen MR) is 135 cm³/mol. The molecule has 1 heterocycles. The number of hydrogen-bond donors (Lipinski definition) is 1. The maximum absolute atomic E-state index is 13.2. The number of anilines is 1. The van der Waals surface area contributed by atoms with Gasteiger partial charge in [0.05, 0.1) is 29.3 Å². The van der Waals surface area contributed by atoms with Crippen LogP contribution in [0.4, 0.5) is 10.5 Å². The minimum Gasteiger partial charge on any atom is -0.459 e. The van der Waals surface area contributed by atoms with E-state index < -0.39 is 11.4 Å². The van der Waals surface area contributed by atoms with Gasteiger partial charge in [0.1, 0.15) is 0 Å². The summed E-state index contributed by atoms with van der Waals surface area (Å²) in [6.07, 6.45) is -0.230. The molecule has 34 heavy (non-hydrogen) atoms. The molecule has 0 saturated carbocycles. The first kappa shape index (κ1) is 23.5. The van der Waals surface area contributed by atoms with E-state index in [1.54, 1.807) is 38.1 Å². The Labute approximate surface area is 204 Å². The molecule has 174 valence electrons. The van der Waals surface area contributed by atoms with E-state index in [0.717, 1.165) is 16.8 Å². The first-order valence-electron chi connectivity index (χ1n) is 11.1. The van der Waals surface area contributed by atoms with Crippen LogP contribution < -0.4 is 5.32 Å². The minimum absolute atomic E-state index is 0.230. The number of halogens is 1. The van der Waals surface area contributed by atoms with Gasteiger partial charge in [-0.1, -0.05) is 60.1 Å². The molecule has 0 spiro atoms. The molecular weight excluding hydrogens is 450 g/mol. The van der Waals surface area contributed by atoms with Crippen LogP contribution in [0.5, 0.6) is 0 Å². The zero-order chi connectivity index (χ0) is 24.3. The summed E-state index contributed by atoms with van der Waals surface area (Å²) < 4.78 is 5.25. The zero-order valence-corrected chi connectivity index (χ0v) is 20.0. The van der Waals surface area contributed by atoms with Crippen LogP contribution in [0.3, 0.4) is 0 Å². The highest BCUT2D eigenvalue weighted by molar-refractivity contribution is 6.30. The molecule has 1 aliphatic heterocycles. The van der Waals surface area contributed by atoms with Gasteiger partial charge in [-0.25, -0.2) is 14.6 Å². The number of carbonyl (C=O) groups is 2. The fraction of sp³-hybridized carbons (Fsp3) is 0.222. The average Bonchev–Trinajstić information content (AvgIpc) is 3.19. The highest BCUT2D eigenvalue weighted by Gasteiger charge is 2.42. The summed E-state index contributed by atoms with van der Waals surface area (Å²) in [5, 5.41) is 9.63. The molecule has 3 aromatic carbocycles. The van der Waals surface area contributed by atoms with E-state index in [-0.39, 0.29) is 12.1 Å². The van der Waals surface area contributed by atoms with Gasteiger partial charge in [0.2, 0.25) is 0 Å². The van der Waals surface area contributed by atoms with Crippen LogP contribution in [0.1, 0.15) is 42.3 Å². The van der Waals surface area contributed by atoms with Crippen LogP contribution in [0.25, 0.3) is 0 Å². The standard InChI is InChI=1S/C27H26ClN3O3/c1-18(2)34-25(32)20-8-7-11-23(16-20)29-26(33)31-17-27(3,21-9-5-4-6-10-21)24(30-31)19-12-14-22(28)15-13-19/h4-16,18H,17H2,1-3H3,(H,29,33). The number of benzene rings is 3. The molecule has 1 aliphatic rings. The Kier molecular flexibility index (Phi) is 6.70. The van der Waals surface area contributed by atoms with Crippen molar-refractivity contribution in [3.8, 4) is 0 Å². The van der Waals surface area contributed by atoms with Crippen molar-refractivity contribution in [3.63, 3.8) is 0 Å². The predicted octanol–water partition coefficient (Wildman–Crippen LogP) is 6.11. The molecule has 0 saturated heterocycles. The molecule has 7 heteroatoms. The molecule has 2 amide bonds. The zero-order valence-electron chi connectivity index (χ0n) is 19.3. The van der Waals surface area contributed by atoms with E-state index in [4.69, 9.17) is 21.4 Å². The maximum atomic E-state index is 13.2. The van der Waals surface area contributed by atoms with Crippen LogP contribution in [-0.4, -0.2) is 35.4 Å². The second-order valence-corrected chi connectivity index (χ2v) is 9.11. The summed E-state index contributed by atoms with van der Waals surface area (Å²) in [4.78, 5) is 25.4. The van der Waals surface area contributed by atoms with E-state index in [0.29, 0.717) is 22.8 Å². The molecule has 1 unspecified atom stereocenters. The summed E-state index contributed by atoms with van der Waals surface area (Å²) in [7, 11) is 0. The van der Waals surface area contributed by atoms with Gasteiger partial charge in [0.15, 0.2) is 0 Å². The third kappa shape index (κ3) is 4.97. The summed E-state index contributed by atoms with van der Waals surface area (Å²) in [5.41, 5.74) is 3.06. The van der Waals surface area contributed by atoms with Gasteiger partial charge in [0.25, 0.3) is 0 Å². The Bertz CT molecular complexity index is 1230. The number of carbonyl (C=O) groups excluding carboxylic acids is 2. The summed E-state index contributed by atoms with van der Waals surface area (Å²) in [6, 6.07) is 23.7. The van der Waals surface area contributed by atoms with E-state index >= 15 is 0 Å². The van der Waals surface area contributed by atoms with Crippen LogP contribution in [-0.2, 0) is 10.2 Å². The van der Waals surface area contributed by atoms with Gasteiger partial charge in [-0.15, -0.1) is 0 Å². The van der Waals surface area contributed by atoms with Crippen molar-refractivity contribution in [2.75, 3.05) is 11.9 Å². The smallest absolute Gasteiger partial charge is 0.342 e. The molecule has 3 aromatic rings. The Morgan fingerprint density at radius 2 is 1.74 bits per heavy atom. The second-order valence-electron chi connectivity index (χ2n) is 8.68. The van der Waals surface area contributed by atoms with E-state index in [9.17, 15) is 9.59 Å². The molecule has 0 radical (unpaired) electrons. The minimum atomic E-state index is -0.519. The SMILES string of the molecule is CC(C)OC(=O)c1cccc(NC(=O)N2CC(C)(c3ccccc3)C(c3ccc(Cl)cc3)=N2)c1. The fourth-order valence-corrected chi connectivity index (χ4v) is 4.10. The van der Waals surface area contributed by atoms with E-state index in [1.165, 1.54) is 5.01 Å². The van der Waals surface area contributed by atoms with Gasteiger partial charge < -0.3 is 10.1 Å². The van der Waals surface area contributed by atoms with E-state index in [2.05, 4.69) is 12.2 Å². The molecule has 0 fully saturated rings. The van der Waals surface area contributed by atoms with Crippen LogP contribution in [0, 0.1) is 0 Å². The average molecular weight is 476 g/mol. The van der Waals surface area contributed by atoms with Crippen LogP contribution in [0.15, 0.2) is 84.0 Å². The van der Waals surface area contributed by atoms with Gasteiger partial charge in [-0.3, -0.25) is 0 Å². The Balaban J connectivity index is 1.61. The van der Waals surface area contributed by atoms with Crippen molar-refractivity contribution < 1.29 is 14.3 Å². The molecule has 6 nitrogen and oxygen atoms in total. The topological polar surface area (TPSA) is 71.0 Å². The monoisotopic (exact) mass is 475 g/mol. The molecule has 0 aliphatic carbocycles. The lowest BCUT2D eigenvalue weighted by Gasteiger charge is -2.27. The summed E-state index contributed by atoms with van der Waals surface area (Å²) in [5.74, 6) is -0.438. The molecule has 1 atom stereocenters. The number of rotatable bonds is 5. The third-order valence-corrected chi connectivity index (χ3v) is 5.92. The highest BCUT2D eigenvalue weighted by atomic mass is 35.5. The number of urea groups is 1. The summed E-state index contributed by atoms with van der Waals surface area (Å²) in [6.45, 7) is 6.01. The van der Waals surface area contributed by atoms with Gasteiger partial charge in [-0.05, 0) is 62.2 Å². The number of esters is 1. The molecule has 0 bridgehead atoms. The number of amides is 2. The Hall–Kier alpha value is -3.64. The van der Waals surface area contributed by atoms with Crippen molar-refractivity contribution in [1.82, 2.24) is 5.01 Å². The van der Waals surface area contributed by atoms with Gasteiger partial charge in [0, 0.05) is 10.7 Å². The molecule has 0 aromatic heterocycles. The lowest BCUT2D eigenvalue weighted by molar-refractivity contribution is 0.0378. The maximum Gasteiger partial charge on any atom is 0.342 e. The molecule has 4 rings (SSSR count). The van der Waals surface area contributed by atoms with Gasteiger partial charge in [-0.2, -0.15) is 5.10 Å². The normalized spacial score (nSPS) is 17.4. The lowest BCUT2D eigenvalue weighted by Crippen LogP contribution is -2.38. The van der Waals surface area contributed by atoms with Crippen molar-refractivity contribution >= 4 is 35.0 Å². The second kappa shape index (κ2) is 9.69. The fourth-order valence-electron chi connectivity index (χ4n) is 3.97. The first-order chi connectivity index (χ1) is 16.3. The van der Waals surface area contributed by atoms with Gasteiger partial charge >= 0.3 is 12.0 Å². The summed E-state index contributed by atoms with van der Waals surface area (Å²) >= 11 is 6.09. The third-order valence-electron chi connectivity index (χ3n) is 5.66. The number of ether oxygens (including phenoxy) is 1. The lowest BCUT2D eigenvalue weighted by atomic mass is 9.76. The highest BCUT2D eigenvalue weighted by Crippen LogP contribution is 2.35. The van der Waals surface area contributed by atoms with Crippen molar-refractivity contribution in [3.05, 3.63) is 101 Å². The van der Waals surface area contributed by atoms with Crippen molar-refractivity contribution in [2.45, 2.75) is 32.3 Å². The largest absolute Gasteiger partial charge is 0.459 e. The van der Waals surface area contributed by atoms with Crippen LogP contribution >= 0.6 is 11.6 Å². The number of nitrogens with zero attached hydrogens (tertiary/aromatic N) is 2. The van der Waals surface area contributed by atoms with Crippen molar-refractivity contribution in [2.24, 2.45) is 5.10 Å². The molecule has 1 N–H and O–H groups in total. The number of hydrogen-bond acceptors (Lipinski definition) is 4. The Morgan fingerprint density at radius 3 is 2.41 bits per heavy atom. The first-order valence-corrected chi connectivity index (χ1v) is 11.4. The van der Waals surface area contributed by atoms with Crippen LogP contribution in [0.2, 0.25) is 5.02 Å². The van der Waals surface area contributed by atoms with Crippen molar-refractivity contribution in [1.29, 1.82) is 0 Å². The number of nitrogens with one attached hydrogen (secondary N) is 1. The quantitative estimate of drug-likeness (QED) is 0.452. The number of hydrazone groups is 1. The van der Waals surface area contributed by atoms with E-state index in [1.807, 2.05) is 54.6 Å².